The standard InChI is InChI=1S/C20H17N5O2/c26-18-14-6-4-12(20-21-23-24-22-20)10-16(14)19(27)17-11-13(5-7-15(17)18)25-8-2-1-3-9-25/h4-7,10-11H,1-3,8-9H2,(H,21,22,23,24). The van der Waals surface area contributed by atoms with E-state index in [0.717, 1.165) is 31.6 Å². The van der Waals surface area contributed by atoms with E-state index in [9.17, 15) is 9.59 Å². The summed E-state index contributed by atoms with van der Waals surface area (Å²) in [5.41, 5.74) is 3.42. The molecule has 1 aliphatic heterocycles. The highest BCUT2D eigenvalue weighted by atomic mass is 16.1. The Morgan fingerprint density at radius 1 is 0.815 bits per heavy atom. The van der Waals surface area contributed by atoms with Gasteiger partial charge >= 0.3 is 0 Å². The van der Waals surface area contributed by atoms with E-state index in [0.29, 0.717) is 33.6 Å². The molecule has 7 heteroatoms. The normalized spacial score (nSPS) is 16.2. The fraction of sp³-hybridized carbons (Fsp3) is 0.250. The molecule has 0 unspecified atom stereocenters. The van der Waals surface area contributed by atoms with Crippen LogP contribution in [-0.2, 0) is 0 Å². The number of nitrogens with zero attached hydrogens (tertiary/aromatic N) is 4. The maximum Gasteiger partial charge on any atom is 0.204 e. The molecule has 134 valence electrons. The number of anilines is 1. The average molecular weight is 359 g/mol. The van der Waals surface area contributed by atoms with Gasteiger partial charge in [0.25, 0.3) is 0 Å². The fourth-order valence-corrected chi connectivity index (χ4v) is 3.91. The molecule has 0 radical (unpaired) electrons. The molecule has 3 aromatic rings. The number of hydrogen-bond donors (Lipinski definition) is 1. The minimum atomic E-state index is -0.135. The van der Waals surface area contributed by atoms with Gasteiger partial charge in [-0.2, -0.15) is 5.21 Å². The van der Waals surface area contributed by atoms with E-state index in [-0.39, 0.29) is 11.6 Å². The highest BCUT2D eigenvalue weighted by Crippen LogP contribution is 2.32. The van der Waals surface area contributed by atoms with E-state index in [4.69, 9.17) is 0 Å². The highest BCUT2D eigenvalue weighted by Gasteiger charge is 2.31. The number of nitrogens with one attached hydrogen (secondary N) is 1. The molecule has 1 fully saturated rings. The molecule has 1 aliphatic carbocycles. The second kappa shape index (κ2) is 6.12. The summed E-state index contributed by atoms with van der Waals surface area (Å²) >= 11 is 0. The predicted octanol–water partition coefficient (Wildman–Crippen LogP) is 2.63. The molecule has 0 bridgehead atoms. The van der Waals surface area contributed by atoms with E-state index in [2.05, 4.69) is 25.5 Å². The molecule has 2 heterocycles. The SMILES string of the molecule is O=C1c2ccc(-c3nn[nH]n3)cc2C(=O)c2cc(N3CCCCC3)ccc21. The third-order valence-electron chi connectivity index (χ3n) is 5.33. The largest absolute Gasteiger partial charge is 0.372 e. The molecule has 1 aromatic heterocycles. The number of carbonyl (C=O) groups is 2. The Kier molecular flexibility index (Phi) is 3.60. The summed E-state index contributed by atoms with van der Waals surface area (Å²) in [6, 6.07) is 10.7. The van der Waals surface area contributed by atoms with E-state index in [1.54, 1.807) is 24.3 Å². The molecular formula is C20H17N5O2. The van der Waals surface area contributed by atoms with Gasteiger partial charge in [0.1, 0.15) is 0 Å². The molecule has 1 N–H and O–H groups in total. The monoisotopic (exact) mass is 359 g/mol. The Morgan fingerprint density at radius 3 is 2.26 bits per heavy atom. The molecule has 2 aliphatic rings. The number of ketones is 2. The van der Waals surface area contributed by atoms with Crippen LogP contribution in [0.15, 0.2) is 36.4 Å². The number of benzene rings is 2. The minimum Gasteiger partial charge on any atom is -0.372 e. The summed E-state index contributed by atoms with van der Waals surface area (Å²) in [6.07, 6.45) is 3.55. The molecule has 2 aromatic carbocycles. The number of piperidine rings is 1. The van der Waals surface area contributed by atoms with E-state index in [1.807, 2.05) is 12.1 Å². The second-order valence-electron chi connectivity index (χ2n) is 6.93. The third kappa shape index (κ3) is 2.54. The number of hydrogen-bond acceptors (Lipinski definition) is 6. The van der Waals surface area contributed by atoms with Gasteiger partial charge in [0, 0.05) is 46.6 Å². The third-order valence-corrected chi connectivity index (χ3v) is 5.33. The average Bonchev–Trinajstić information content (AvgIpc) is 3.27. The van der Waals surface area contributed by atoms with Crippen LogP contribution in [0.25, 0.3) is 11.4 Å². The Hall–Kier alpha value is -3.35. The highest BCUT2D eigenvalue weighted by molar-refractivity contribution is 6.28. The van der Waals surface area contributed by atoms with Gasteiger partial charge in [-0.25, -0.2) is 0 Å². The van der Waals surface area contributed by atoms with Crippen molar-refractivity contribution in [3.63, 3.8) is 0 Å². The van der Waals surface area contributed by atoms with Crippen molar-refractivity contribution < 1.29 is 9.59 Å². The van der Waals surface area contributed by atoms with Crippen LogP contribution in [-0.4, -0.2) is 45.3 Å². The first-order chi connectivity index (χ1) is 13.2. The van der Waals surface area contributed by atoms with Crippen molar-refractivity contribution in [3.8, 4) is 11.4 Å². The number of carbonyl (C=O) groups excluding carboxylic acids is 2. The first kappa shape index (κ1) is 15.9. The van der Waals surface area contributed by atoms with E-state index in [1.165, 1.54) is 6.42 Å². The summed E-state index contributed by atoms with van der Waals surface area (Å²) in [5, 5.41) is 13.8. The van der Waals surface area contributed by atoms with Gasteiger partial charge in [-0.3, -0.25) is 9.59 Å². The van der Waals surface area contributed by atoms with Crippen LogP contribution in [0, 0.1) is 0 Å². The van der Waals surface area contributed by atoms with Crippen LogP contribution in [0.3, 0.4) is 0 Å². The lowest BCUT2D eigenvalue weighted by molar-refractivity contribution is 0.0979. The fourth-order valence-electron chi connectivity index (χ4n) is 3.91. The van der Waals surface area contributed by atoms with Gasteiger partial charge in [0.2, 0.25) is 5.82 Å². The number of tetrazole rings is 1. The number of fused-ring (bicyclic) bond motifs is 2. The van der Waals surface area contributed by atoms with Crippen LogP contribution in [0.4, 0.5) is 5.69 Å². The molecule has 0 spiro atoms. The van der Waals surface area contributed by atoms with Gasteiger partial charge in [-0.15, -0.1) is 10.2 Å². The molecule has 0 atom stereocenters. The van der Waals surface area contributed by atoms with E-state index < -0.39 is 0 Å². The van der Waals surface area contributed by atoms with Crippen molar-refractivity contribution in [1.82, 2.24) is 20.6 Å². The topological polar surface area (TPSA) is 91.8 Å². The molecular weight excluding hydrogens is 342 g/mol. The van der Waals surface area contributed by atoms with Gasteiger partial charge in [-0.1, -0.05) is 6.07 Å². The Bertz CT molecular complexity index is 1050. The van der Waals surface area contributed by atoms with Crippen molar-refractivity contribution in [1.29, 1.82) is 0 Å². The van der Waals surface area contributed by atoms with Crippen molar-refractivity contribution in [3.05, 3.63) is 58.7 Å². The molecule has 27 heavy (non-hydrogen) atoms. The van der Waals surface area contributed by atoms with Gasteiger partial charge < -0.3 is 4.90 Å². The zero-order valence-electron chi connectivity index (χ0n) is 14.6. The molecule has 7 nitrogen and oxygen atoms in total. The van der Waals surface area contributed by atoms with Crippen LogP contribution >= 0.6 is 0 Å². The number of aromatic nitrogens is 4. The minimum absolute atomic E-state index is 0.121. The molecule has 5 rings (SSSR count). The van der Waals surface area contributed by atoms with Crippen molar-refractivity contribution >= 4 is 17.3 Å². The van der Waals surface area contributed by atoms with Crippen LogP contribution in [0.5, 0.6) is 0 Å². The first-order valence-corrected chi connectivity index (χ1v) is 9.08. The second-order valence-corrected chi connectivity index (χ2v) is 6.93. The first-order valence-electron chi connectivity index (χ1n) is 9.08. The Morgan fingerprint density at radius 2 is 1.52 bits per heavy atom. The van der Waals surface area contributed by atoms with Crippen LogP contribution in [0.2, 0.25) is 0 Å². The number of aromatic amines is 1. The molecule has 0 saturated carbocycles. The van der Waals surface area contributed by atoms with Gasteiger partial charge in [0.15, 0.2) is 11.6 Å². The van der Waals surface area contributed by atoms with Crippen LogP contribution < -0.4 is 4.90 Å². The number of rotatable bonds is 2. The van der Waals surface area contributed by atoms with Gasteiger partial charge in [0.05, 0.1) is 0 Å². The zero-order chi connectivity index (χ0) is 18.4. The smallest absolute Gasteiger partial charge is 0.204 e. The molecule has 1 saturated heterocycles. The lowest BCUT2D eigenvalue weighted by atomic mass is 9.83. The van der Waals surface area contributed by atoms with Crippen molar-refractivity contribution in [2.75, 3.05) is 18.0 Å². The lowest BCUT2D eigenvalue weighted by Crippen LogP contribution is -2.30. The van der Waals surface area contributed by atoms with Crippen molar-refractivity contribution in [2.24, 2.45) is 0 Å². The summed E-state index contributed by atoms with van der Waals surface area (Å²) < 4.78 is 0. The summed E-state index contributed by atoms with van der Waals surface area (Å²) in [5.74, 6) is 0.138. The summed E-state index contributed by atoms with van der Waals surface area (Å²) in [4.78, 5) is 28.4. The molecule has 0 amide bonds. The van der Waals surface area contributed by atoms with E-state index >= 15 is 0 Å². The maximum absolute atomic E-state index is 13.2. The van der Waals surface area contributed by atoms with Crippen molar-refractivity contribution in [2.45, 2.75) is 19.3 Å². The zero-order valence-corrected chi connectivity index (χ0v) is 14.6. The summed E-state index contributed by atoms with van der Waals surface area (Å²) in [7, 11) is 0. The Balaban J connectivity index is 1.58. The predicted molar refractivity (Wildman–Crippen MR) is 99.0 cm³/mol. The summed E-state index contributed by atoms with van der Waals surface area (Å²) in [6.45, 7) is 1.97. The Labute approximate surface area is 155 Å². The quantitative estimate of drug-likeness (QED) is 0.591. The van der Waals surface area contributed by atoms with Crippen LogP contribution in [0.1, 0.15) is 51.1 Å². The van der Waals surface area contributed by atoms with Gasteiger partial charge in [-0.05, 0) is 54.8 Å². The maximum atomic E-state index is 13.2. The lowest BCUT2D eigenvalue weighted by Gasteiger charge is -2.30. The number of H-pyrrole nitrogens is 1.